The molecule has 0 spiro atoms. The van der Waals surface area contributed by atoms with Crippen molar-refractivity contribution in [1.82, 2.24) is 10.2 Å². The molecule has 31 heavy (non-hydrogen) atoms. The van der Waals surface area contributed by atoms with Gasteiger partial charge in [0, 0.05) is 18.1 Å². The number of sulfonamides is 1. The van der Waals surface area contributed by atoms with Crippen LogP contribution in [0.4, 0.5) is 5.69 Å². The molecule has 2 aromatic carbocycles. The highest BCUT2D eigenvalue weighted by molar-refractivity contribution is 9.10. The lowest BCUT2D eigenvalue weighted by Gasteiger charge is -2.32. The smallest absolute Gasteiger partial charge is 0.244 e. The molecule has 0 bridgehead atoms. The van der Waals surface area contributed by atoms with Crippen LogP contribution in [0.2, 0.25) is 0 Å². The standard InChI is InChI=1S/C22H28BrN3O4S/c1-4-20(22(28)24-2)25(15-14-17-8-6-5-7-9-17)21(27)16-26(31(3,29)30)19-12-10-18(23)11-13-19/h5-13,20H,4,14-16H2,1-3H3,(H,24,28)/t20-/m0/s1. The first-order valence-corrected chi connectivity index (χ1v) is 12.6. The van der Waals surface area contributed by atoms with Crippen LogP contribution in [0, 0.1) is 0 Å². The predicted molar refractivity (Wildman–Crippen MR) is 126 cm³/mol. The second kappa shape index (κ2) is 11.3. The van der Waals surface area contributed by atoms with Gasteiger partial charge in [0.05, 0.1) is 11.9 Å². The van der Waals surface area contributed by atoms with Crippen molar-refractivity contribution in [2.75, 3.05) is 30.7 Å². The minimum Gasteiger partial charge on any atom is -0.357 e. The van der Waals surface area contributed by atoms with Crippen LogP contribution in [-0.4, -0.2) is 57.6 Å². The molecular formula is C22H28BrN3O4S. The van der Waals surface area contributed by atoms with E-state index < -0.39 is 22.0 Å². The number of nitrogens with one attached hydrogen (secondary N) is 1. The average molecular weight is 510 g/mol. The summed E-state index contributed by atoms with van der Waals surface area (Å²) in [5.41, 5.74) is 1.41. The maximum absolute atomic E-state index is 13.3. The largest absolute Gasteiger partial charge is 0.357 e. The molecule has 168 valence electrons. The lowest BCUT2D eigenvalue weighted by molar-refractivity contribution is -0.139. The van der Waals surface area contributed by atoms with E-state index in [1.54, 1.807) is 24.3 Å². The van der Waals surface area contributed by atoms with Crippen molar-refractivity contribution in [3.05, 3.63) is 64.6 Å². The molecule has 7 nitrogen and oxygen atoms in total. The molecule has 0 heterocycles. The first kappa shape index (κ1) is 24.9. The molecule has 9 heteroatoms. The van der Waals surface area contributed by atoms with Gasteiger partial charge in [-0.05, 0) is 42.7 Å². The van der Waals surface area contributed by atoms with Gasteiger partial charge < -0.3 is 10.2 Å². The molecule has 0 unspecified atom stereocenters. The third-order valence-corrected chi connectivity index (χ3v) is 6.58. The molecule has 2 aromatic rings. The van der Waals surface area contributed by atoms with Crippen molar-refractivity contribution in [2.24, 2.45) is 0 Å². The van der Waals surface area contributed by atoms with Crippen LogP contribution in [0.25, 0.3) is 0 Å². The molecule has 1 N–H and O–H groups in total. The Bertz CT molecular complexity index is 982. The van der Waals surface area contributed by atoms with Gasteiger partial charge in [-0.2, -0.15) is 0 Å². The molecule has 1 atom stereocenters. The summed E-state index contributed by atoms with van der Waals surface area (Å²) < 4.78 is 26.8. The van der Waals surface area contributed by atoms with Crippen LogP contribution < -0.4 is 9.62 Å². The summed E-state index contributed by atoms with van der Waals surface area (Å²) in [6.45, 7) is 1.74. The summed E-state index contributed by atoms with van der Waals surface area (Å²) >= 11 is 3.33. The molecule has 0 aromatic heterocycles. The number of carbonyl (C=O) groups is 2. The lowest BCUT2D eigenvalue weighted by Crippen LogP contribution is -2.52. The van der Waals surface area contributed by atoms with Crippen LogP contribution in [0.5, 0.6) is 0 Å². The highest BCUT2D eigenvalue weighted by atomic mass is 79.9. The summed E-state index contributed by atoms with van der Waals surface area (Å²) in [5.74, 6) is -0.710. The maximum Gasteiger partial charge on any atom is 0.244 e. The Morgan fingerprint density at radius 1 is 1.06 bits per heavy atom. The van der Waals surface area contributed by atoms with E-state index in [0.29, 0.717) is 25.1 Å². The Morgan fingerprint density at radius 3 is 2.19 bits per heavy atom. The van der Waals surface area contributed by atoms with Gasteiger partial charge in [0.1, 0.15) is 12.6 Å². The number of nitrogens with zero attached hydrogens (tertiary/aromatic N) is 2. The molecular weight excluding hydrogens is 482 g/mol. The molecule has 0 aliphatic heterocycles. The van der Waals surface area contributed by atoms with E-state index in [1.165, 1.54) is 11.9 Å². The summed E-state index contributed by atoms with van der Waals surface area (Å²) in [7, 11) is -2.19. The van der Waals surface area contributed by atoms with E-state index in [4.69, 9.17) is 0 Å². The van der Waals surface area contributed by atoms with Gasteiger partial charge >= 0.3 is 0 Å². The molecule has 0 radical (unpaired) electrons. The minimum atomic E-state index is -3.71. The number of anilines is 1. The number of hydrogen-bond donors (Lipinski definition) is 1. The summed E-state index contributed by atoms with van der Waals surface area (Å²) in [4.78, 5) is 27.2. The quantitative estimate of drug-likeness (QED) is 0.533. The van der Waals surface area contributed by atoms with Crippen LogP contribution in [0.3, 0.4) is 0 Å². The van der Waals surface area contributed by atoms with Crippen molar-refractivity contribution >= 4 is 43.5 Å². The first-order valence-electron chi connectivity index (χ1n) is 9.95. The van der Waals surface area contributed by atoms with Crippen LogP contribution >= 0.6 is 15.9 Å². The van der Waals surface area contributed by atoms with Gasteiger partial charge in [-0.25, -0.2) is 8.42 Å². The molecule has 0 aliphatic rings. The first-order chi connectivity index (χ1) is 14.7. The Morgan fingerprint density at radius 2 is 1.68 bits per heavy atom. The fourth-order valence-electron chi connectivity index (χ4n) is 3.28. The van der Waals surface area contributed by atoms with E-state index in [9.17, 15) is 18.0 Å². The Hall–Kier alpha value is -2.39. The monoisotopic (exact) mass is 509 g/mol. The SMILES string of the molecule is CC[C@@H](C(=O)NC)N(CCc1ccccc1)C(=O)CN(c1ccc(Br)cc1)S(C)(=O)=O. The number of carbonyl (C=O) groups excluding carboxylic acids is 2. The Balaban J connectivity index is 2.32. The van der Waals surface area contributed by atoms with Crippen LogP contribution in [0.1, 0.15) is 18.9 Å². The summed E-state index contributed by atoms with van der Waals surface area (Å²) in [6, 6.07) is 15.6. The van der Waals surface area contributed by atoms with Gasteiger partial charge in [-0.3, -0.25) is 13.9 Å². The minimum absolute atomic E-state index is 0.279. The normalized spacial score (nSPS) is 12.1. The summed E-state index contributed by atoms with van der Waals surface area (Å²) in [5, 5.41) is 2.60. The van der Waals surface area contributed by atoms with Crippen LogP contribution in [0.15, 0.2) is 59.1 Å². The van der Waals surface area contributed by atoms with Crippen molar-refractivity contribution in [1.29, 1.82) is 0 Å². The number of benzene rings is 2. The third kappa shape index (κ3) is 7.07. The van der Waals surface area contributed by atoms with Crippen molar-refractivity contribution in [3.8, 4) is 0 Å². The highest BCUT2D eigenvalue weighted by Gasteiger charge is 2.30. The van der Waals surface area contributed by atoms with E-state index in [1.807, 2.05) is 37.3 Å². The number of likely N-dealkylation sites (N-methyl/N-ethyl adjacent to an activating group) is 1. The topological polar surface area (TPSA) is 86.8 Å². The van der Waals surface area contributed by atoms with E-state index in [0.717, 1.165) is 20.6 Å². The zero-order valence-corrected chi connectivity index (χ0v) is 20.3. The van der Waals surface area contributed by atoms with Crippen molar-refractivity contribution < 1.29 is 18.0 Å². The maximum atomic E-state index is 13.3. The Kier molecular flexibility index (Phi) is 9.06. The number of amides is 2. The molecule has 0 saturated heterocycles. The van der Waals surface area contributed by atoms with Crippen LogP contribution in [-0.2, 0) is 26.0 Å². The molecule has 0 fully saturated rings. The fraction of sp³-hybridized carbons (Fsp3) is 0.364. The number of halogens is 1. The third-order valence-electron chi connectivity index (χ3n) is 4.91. The zero-order valence-electron chi connectivity index (χ0n) is 17.9. The van der Waals surface area contributed by atoms with Gasteiger partial charge in [0.25, 0.3) is 0 Å². The van der Waals surface area contributed by atoms with Crippen molar-refractivity contribution in [2.45, 2.75) is 25.8 Å². The Labute approximate surface area is 192 Å². The second-order valence-corrected chi connectivity index (χ2v) is 9.93. The number of rotatable bonds is 10. The molecule has 2 rings (SSSR count). The summed E-state index contributed by atoms with van der Waals surface area (Å²) in [6.07, 6.45) is 2.03. The lowest BCUT2D eigenvalue weighted by atomic mass is 10.1. The van der Waals surface area contributed by atoms with Gasteiger partial charge in [-0.15, -0.1) is 0 Å². The zero-order chi connectivity index (χ0) is 23.0. The molecule has 2 amide bonds. The predicted octanol–water partition coefficient (Wildman–Crippen LogP) is 2.81. The van der Waals surface area contributed by atoms with E-state index >= 15 is 0 Å². The second-order valence-electron chi connectivity index (χ2n) is 7.11. The van der Waals surface area contributed by atoms with Gasteiger partial charge in [0.2, 0.25) is 21.8 Å². The number of hydrogen-bond acceptors (Lipinski definition) is 4. The van der Waals surface area contributed by atoms with E-state index in [-0.39, 0.29) is 12.5 Å². The molecule has 0 aliphatic carbocycles. The van der Waals surface area contributed by atoms with Gasteiger partial charge in [0.15, 0.2) is 0 Å². The molecule has 0 saturated carbocycles. The fourth-order valence-corrected chi connectivity index (χ4v) is 4.40. The van der Waals surface area contributed by atoms with E-state index in [2.05, 4.69) is 21.2 Å². The highest BCUT2D eigenvalue weighted by Crippen LogP contribution is 2.21. The average Bonchev–Trinajstić information content (AvgIpc) is 2.75. The van der Waals surface area contributed by atoms with Crippen molar-refractivity contribution in [3.63, 3.8) is 0 Å². The van der Waals surface area contributed by atoms with Gasteiger partial charge in [-0.1, -0.05) is 53.2 Å².